The Bertz CT molecular complexity index is 1320. The van der Waals surface area contributed by atoms with Crippen LogP contribution in [0.4, 0.5) is 0 Å². The molecule has 14 heteroatoms. The van der Waals surface area contributed by atoms with E-state index in [1.807, 2.05) is 0 Å². The first kappa shape index (κ1) is 57.6. The normalized spacial score (nSPS) is 22.4. The molecular weight excluding hydrogens is 815 g/mol. The van der Waals surface area contributed by atoms with Crippen molar-refractivity contribution in [3.63, 3.8) is 0 Å². The first-order chi connectivity index (χ1) is 29.9. The first-order valence-corrected chi connectivity index (χ1v) is 25.1. The number of aliphatic hydroxyl groups is 5. The second kappa shape index (κ2) is 37.9. The number of phosphoric acid groups is 1. The summed E-state index contributed by atoms with van der Waals surface area (Å²) in [4.78, 5) is 35.7. The maximum Gasteiger partial charge on any atom is 0.472 e. The molecule has 6 atom stereocenters. The Morgan fingerprint density at radius 3 is 1.42 bits per heavy atom. The summed E-state index contributed by atoms with van der Waals surface area (Å²) < 4.78 is 33.5. The molecule has 0 aromatic carbocycles. The van der Waals surface area contributed by atoms with Crippen LogP contribution in [0.25, 0.3) is 0 Å². The van der Waals surface area contributed by atoms with Gasteiger partial charge in [0.1, 0.15) is 43.2 Å². The Morgan fingerprint density at radius 1 is 0.516 bits per heavy atom. The monoisotopic (exact) mass is 899 g/mol. The van der Waals surface area contributed by atoms with E-state index in [1.54, 1.807) is 0 Å². The van der Waals surface area contributed by atoms with E-state index in [9.17, 15) is 44.6 Å². The summed E-state index contributed by atoms with van der Waals surface area (Å²) in [6.07, 6.45) is 32.7. The maximum absolute atomic E-state index is 12.8. The summed E-state index contributed by atoms with van der Waals surface area (Å²) in [5.41, 5.74) is 0. The van der Waals surface area contributed by atoms with Crippen LogP contribution in [0.3, 0.4) is 0 Å². The van der Waals surface area contributed by atoms with Crippen molar-refractivity contribution in [3.05, 3.63) is 60.8 Å². The summed E-state index contributed by atoms with van der Waals surface area (Å²) in [6, 6.07) is 0. The molecule has 0 aliphatic heterocycles. The second-order valence-electron chi connectivity index (χ2n) is 16.2. The van der Waals surface area contributed by atoms with Crippen LogP contribution < -0.4 is 0 Å². The zero-order chi connectivity index (χ0) is 45.7. The summed E-state index contributed by atoms with van der Waals surface area (Å²) in [6.45, 7) is 3.14. The third-order valence-corrected chi connectivity index (χ3v) is 11.6. The topological polar surface area (TPSA) is 210 Å². The van der Waals surface area contributed by atoms with E-state index in [0.29, 0.717) is 12.8 Å². The van der Waals surface area contributed by atoms with Crippen LogP contribution in [0.15, 0.2) is 60.8 Å². The number of aliphatic hydroxyl groups excluding tert-OH is 5. The van der Waals surface area contributed by atoms with E-state index in [2.05, 4.69) is 74.6 Å². The van der Waals surface area contributed by atoms with Crippen molar-refractivity contribution in [2.24, 2.45) is 0 Å². The van der Waals surface area contributed by atoms with Gasteiger partial charge in [-0.1, -0.05) is 145 Å². The number of carbonyl (C=O) groups excluding carboxylic acids is 2. The Labute approximate surface area is 373 Å². The summed E-state index contributed by atoms with van der Waals surface area (Å²) in [5, 5.41) is 50.1. The average molecular weight is 899 g/mol. The molecule has 6 unspecified atom stereocenters. The van der Waals surface area contributed by atoms with Crippen LogP contribution in [0, 0.1) is 0 Å². The molecule has 0 heterocycles. The van der Waals surface area contributed by atoms with Crippen molar-refractivity contribution in [3.8, 4) is 0 Å². The van der Waals surface area contributed by atoms with Crippen LogP contribution in [-0.4, -0.2) is 98.3 Å². The Balaban J connectivity index is 2.43. The molecule has 13 nitrogen and oxygen atoms in total. The Hall–Kier alpha value is -2.45. The van der Waals surface area contributed by atoms with Gasteiger partial charge in [0.25, 0.3) is 0 Å². The molecule has 0 amide bonds. The number of hydrogen-bond acceptors (Lipinski definition) is 12. The summed E-state index contributed by atoms with van der Waals surface area (Å²) >= 11 is 0. The van der Waals surface area contributed by atoms with Gasteiger partial charge < -0.3 is 39.9 Å². The fourth-order valence-corrected chi connectivity index (χ4v) is 7.77. The molecule has 1 rings (SSSR count). The molecule has 1 saturated carbocycles. The highest BCUT2D eigenvalue weighted by Crippen LogP contribution is 2.47. The van der Waals surface area contributed by atoms with Crippen molar-refractivity contribution < 1.29 is 63.1 Å². The number of allylic oxidation sites excluding steroid dienone is 10. The van der Waals surface area contributed by atoms with E-state index in [4.69, 9.17) is 18.5 Å². The number of unbranched alkanes of at least 4 members (excludes halogenated alkanes) is 16. The molecular formula is C48H83O13P. The quantitative estimate of drug-likeness (QED) is 0.0148. The standard InChI is InChI=1S/C48H83O13P/c1-3-5-7-9-11-13-15-17-18-19-20-21-22-23-24-25-27-29-31-33-35-37-42(50)60-40(38-58-41(49)36-34-32-30-28-26-16-14-12-10-8-6-4-2)39-59-62(56,57)61-48-46(54)44(52)43(51)45(53)47(48)55/h5,7,11-14,17-18,20-21,40,43-48,51-55H,3-4,6,8-10,15-16,19,22-39H2,1-2H3,(H,56,57)/b7-5-,13-11-,14-12-,18-17-,21-20-. The number of phosphoric ester groups is 1. The molecule has 1 aliphatic carbocycles. The highest BCUT2D eigenvalue weighted by Gasteiger charge is 2.51. The summed E-state index contributed by atoms with van der Waals surface area (Å²) in [5.74, 6) is -1.12. The molecule has 0 radical (unpaired) electrons. The van der Waals surface area contributed by atoms with Crippen LogP contribution in [0.5, 0.6) is 0 Å². The molecule has 0 spiro atoms. The molecule has 1 fully saturated rings. The minimum Gasteiger partial charge on any atom is -0.462 e. The largest absolute Gasteiger partial charge is 0.472 e. The lowest BCUT2D eigenvalue weighted by molar-refractivity contribution is -0.220. The van der Waals surface area contributed by atoms with Crippen LogP contribution >= 0.6 is 7.82 Å². The van der Waals surface area contributed by atoms with Gasteiger partial charge in [0.05, 0.1) is 6.61 Å². The van der Waals surface area contributed by atoms with Crippen LogP contribution in [-0.2, 0) is 32.7 Å². The highest BCUT2D eigenvalue weighted by molar-refractivity contribution is 7.47. The molecule has 6 N–H and O–H groups in total. The first-order valence-electron chi connectivity index (χ1n) is 23.6. The van der Waals surface area contributed by atoms with Crippen molar-refractivity contribution in [1.82, 2.24) is 0 Å². The lowest BCUT2D eigenvalue weighted by atomic mass is 9.85. The molecule has 0 bridgehead atoms. The zero-order valence-electron chi connectivity index (χ0n) is 37.9. The molecule has 0 aromatic rings. The maximum atomic E-state index is 12.8. The highest BCUT2D eigenvalue weighted by atomic mass is 31.2. The van der Waals surface area contributed by atoms with Crippen LogP contribution in [0.1, 0.15) is 174 Å². The number of rotatable bonds is 38. The van der Waals surface area contributed by atoms with E-state index in [1.165, 1.54) is 25.7 Å². The van der Waals surface area contributed by atoms with E-state index in [0.717, 1.165) is 109 Å². The van der Waals surface area contributed by atoms with Gasteiger partial charge in [-0.2, -0.15) is 0 Å². The average Bonchev–Trinajstić information content (AvgIpc) is 3.25. The van der Waals surface area contributed by atoms with E-state index >= 15 is 0 Å². The van der Waals surface area contributed by atoms with Crippen molar-refractivity contribution in [1.29, 1.82) is 0 Å². The van der Waals surface area contributed by atoms with Gasteiger partial charge in [0.2, 0.25) is 0 Å². The van der Waals surface area contributed by atoms with Crippen molar-refractivity contribution >= 4 is 19.8 Å². The number of hydrogen-bond donors (Lipinski definition) is 6. The fourth-order valence-electron chi connectivity index (χ4n) is 6.80. The Kier molecular flexibility index (Phi) is 35.2. The predicted molar refractivity (Wildman–Crippen MR) is 244 cm³/mol. The Morgan fingerprint density at radius 2 is 0.919 bits per heavy atom. The third kappa shape index (κ3) is 29.8. The lowest BCUT2D eigenvalue weighted by Crippen LogP contribution is -2.64. The van der Waals surface area contributed by atoms with Crippen LogP contribution in [0.2, 0.25) is 0 Å². The van der Waals surface area contributed by atoms with Gasteiger partial charge in [0, 0.05) is 12.8 Å². The molecule has 1 aliphatic rings. The van der Waals surface area contributed by atoms with Gasteiger partial charge >= 0.3 is 19.8 Å². The van der Waals surface area contributed by atoms with Gasteiger partial charge in [-0.15, -0.1) is 0 Å². The molecule has 0 saturated heterocycles. The fraction of sp³-hybridized carbons (Fsp3) is 0.750. The third-order valence-electron chi connectivity index (χ3n) is 10.6. The molecule has 0 aromatic heterocycles. The zero-order valence-corrected chi connectivity index (χ0v) is 38.8. The SMILES string of the molecule is CC/C=C\C/C=C\C/C=C\C/C=C\CCCCCCCCCCC(=O)OC(COC(=O)CCCCCCC/C=C\CCCCC)COP(=O)(O)OC1C(O)C(O)C(O)C(O)C1O. The summed E-state index contributed by atoms with van der Waals surface area (Å²) in [7, 11) is -5.12. The van der Waals surface area contributed by atoms with E-state index in [-0.39, 0.29) is 12.8 Å². The molecule has 358 valence electrons. The minimum atomic E-state index is -5.12. The van der Waals surface area contributed by atoms with Gasteiger partial charge in [0.15, 0.2) is 6.10 Å². The second-order valence-corrected chi connectivity index (χ2v) is 17.6. The lowest BCUT2D eigenvalue weighted by Gasteiger charge is -2.41. The van der Waals surface area contributed by atoms with Gasteiger partial charge in [-0.05, 0) is 77.0 Å². The predicted octanol–water partition coefficient (Wildman–Crippen LogP) is 9.33. The smallest absolute Gasteiger partial charge is 0.462 e. The minimum absolute atomic E-state index is 0.0831. The number of carbonyl (C=O) groups is 2. The van der Waals surface area contributed by atoms with Gasteiger partial charge in [-0.3, -0.25) is 18.6 Å². The number of esters is 2. The van der Waals surface area contributed by atoms with Gasteiger partial charge in [-0.25, -0.2) is 4.57 Å². The molecule has 62 heavy (non-hydrogen) atoms. The van der Waals surface area contributed by atoms with E-state index < -0.39 is 75.7 Å². The number of ether oxygens (including phenoxy) is 2. The van der Waals surface area contributed by atoms with Crippen molar-refractivity contribution in [2.75, 3.05) is 13.2 Å². The van der Waals surface area contributed by atoms with Crippen molar-refractivity contribution in [2.45, 2.75) is 217 Å².